The van der Waals surface area contributed by atoms with Gasteiger partial charge in [0.25, 0.3) is 10.1 Å². The van der Waals surface area contributed by atoms with Crippen LogP contribution in [0.5, 0.6) is 0 Å². The van der Waals surface area contributed by atoms with Gasteiger partial charge in [-0.2, -0.15) is 13.5 Å². The molecule has 0 radical (unpaired) electrons. The topological polar surface area (TPSA) is 70.0 Å². The Morgan fingerprint density at radius 1 is 1.24 bits per heavy atom. The zero-order valence-corrected chi connectivity index (χ0v) is 18.9. The molecule has 0 aromatic heterocycles. The summed E-state index contributed by atoms with van der Waals surface area (Å²) in [4.78, 5) is -0.0800. The summed E-state index contributed by atoms with van der Waals surface area (Å²) in [5, 5.41) is 6.86. The largest absolute Gasteiger partial charge is 0.297 e. The number of hydrazone groups is 1. The van der Waals surface area contributed by atoms with Crippen LogP contribution in [0.1, 0.15) is 30.9 Å². The molecule has 1 aliphatic rings. The Morgan fingerprint density at radius 2 is 1.90 bits per heavy atom. The summed E-state index contributed by atoms with van der Waals surface area (Å²) in [6.07, 6.45) is 4.49. The Kier molecular flexibility index (Phi) is 8.11. The Balaban J connectivity index is 0.00000300. The summed E-state index contributed by atoms with van der Waals surface area (Å²) in [6, 6.07) is 10.7. The highest BCUT2D eigenvalue weighted by molar-refractivity contribution is 7.86. The van der Waals surface area contributed by atoms with Gasteiger partial charge in [-0.1, -0.05) is 35.9 Å². The van der Waals surface area contributed by atoms with Crippen molar-refractivity contribution in [3.05, 3.63) is 52.5 Å². The van der Waals surface area contributed by atoms with E-state index in [4.69, 9.17) is 11.6 Å². The summed E-state index contributed by atoms with van der Waals surface area (Å²) in [6.45, 7) is 5.51. The molecule has 3 rings (SSSR count). The minimum Gasteiger partial charge on any atom is -0.297 e. The number of nitrogens with zero attached hydrogens (tertiary/aromatic N) is 2. The van der Waals surface area contributed by atoms with Crippen molar-refractivity contribution < 1.29 is 13.0 Å². The highest BCUT2D eigenvalue weighted by Gasteiger charge is 2.25. The van der Waals surface area contributed by atoms with Gasteiger partial charge in [0.15, 0.2) is 0 Å². The first kappa shape index (κ1) is 23.7. The predicted molar refractivity (Wildman–Crippen MR) is 121 cm³/mol. The molecule has 1 N–H and O–H groups in total. The molecular weight excluding hydrogens is 431 g/mol. The van der Waals surface area contributed by atoms with Crippen molar-refractivity contribution >= 4 is 40.3 Å². The van der Waals surface area contributed by atoms with Gasteiger partial charge in [0.1, 0.15) is 4.90 Å². The third-order valence-corrected chi connectivity index (χ3v) is 6.33. The van der Waals surface area contributed by atoms with E-state index in [9.17, 15) is 13.0 Å². The fourth-order valence-corrected chi connectivity index (χ4v) is 4.94. The molecular formula is C21H26Cl2N2O3S. The SMILES string of the molecule is C/C=N/N1CCC(Cc2cc(C)cc(S(=O)(=O)O)c2-c2ccccc2Cl)CC1.Cl. The fraction of sp³-hybridized carbons (Fsp3) is 0.381. The molecule has 0 saturated carbocycles. The second kappa shape index (κ2) is 9.94. The average molecular weight is 457 g/mol. The van der Waals surface area contributed by atoms with Gasteiger partial charge in [-0.05, 0) is 62.3 Å². The maximum Gasteiger partial charge on any atom is 0.295 e. The number of halogens is 2. The van der Waals surface area contributed by atoms with E-state index in [2.05, 4.69) is 10.1 Å². The molecule has 29 heavy (non-hydrogen) atoms. The zero-order chi connectivity index (χ0) is 20.3. The van der Waals surface area contributed by atoms with Crippen molar-refractivity contribution in [3.63, 3.8) is 0 Å². The van der Waals surface area contributed by atoms with Crippen LogP contribution < -0.4 is 0 Å². The van der Waals surface area contributed by atoms with Crippen molar-refractivity contribution in [1.29, 1.82) is 0 Å². The second-order valence-corrected chi connectivity index (χ2v) is 9.02. The van der Waals surface area contributed by atoms with Crippen LogP contribution >= 0.6 is 24.0 Å². The van der Waals surface area contributed by atoms with E-state index in [0.717, 1.165) is 43.5 Å². The van der Waals surface area contributed by atoms with Gasteiger partial charge in [0.2, 0.25) is 0 Å². The molecule has 1 saturated heterocycles. The molecule has 1 fully saturated rings. The van der Waals surface area contributed by atoms with E-state index in [1.165, 1.54) is 6.07 Å². The van der Waals surface area contributed by atoms with Crippen LogP contribution in [-0.2, 0) is 16.5 Å². The summed E-state index contributed by atoms with van der Waals surface area (Å²) in [7, 11) is -4.39. The molecule has 8 heteroatoms. The average Bonchev–Trinajstić information content (AvgIpc) is 2.63. The Morgan fingerprint density at radius 3 is 2.48 bits per heavy atom. The molecule has 0 amide bonds. The first-order valence-corrected chi connectivity index (χ1v) is 11.2. The standard InChI is InChI=1S/C21H25ClN2O3S.ClH/c1-3-23-24-10-8-16(9-11-24)14-17-12-15(2)13-20(28(25,26)27)21(17)18-6-4-5-7-19(18)22;/h3-7,12-13,16H,8-11,14H2,1-2H3,(H,25,26,27);1H/b23-3+;. The van der Waals surface area contributed by atoms with E-state index in [1.54, 1.807) is 24.4 Å². The quantitative estimate of drug-likeness (QED) is 0.492. The third kappa shape index (κ3) is 5.72. The van der Waals surface area contributed by atoms with Crippen LogP contribution in [0.15, 0.2) is 46.4 Å². The monoisotopic (exact) mass is 456 g/mol. The van der Waals surface area contributed by atoms with E-state index in [-0.39, 0.29) is 17.3 Å². The van der Waals surface area contributed by atoms with Crippen molar-refractivity contribution in [2.75, 3.05) is 13.1 Å². The number of rotatable bonds is 5. The Bertz CT molecular complexity index is 985. The molecule has 158 valence electrons. The highest BCUT2D eigenvalue weighted by Crippen LogP contribution is 2.38. The van der Waals surface area contributed by atoms with Crippen LogP contribution in [-0.4, -0.2) is 37.3 Å². The molecule has 0 unspecified atom stereocenters. The van der Waals surface area contributed by atoms with E-state index in [1.807, 2.05) is 26.0 Å². The minimum atomic E-state index is -4.39. The first-order valence-electron chi connectivity index (χ1n) is 9.39. The maximum absolute atomic E-state index is 12.1. The lowest BCUT2D eigenvalue weighted by atomic mass is 9.86. The molecule has 1 heterocycles. The molecule has 1 aliphatic heterocycles. The van der Waals surface area contributed by atoms with E-state index < -0.39 is 10.1 Å². The molecule has 2 aromatic rings. The van der Waals surface area contributed by atoms with Gasteiger partial charge < -0.3 is 0 Å². The van der Waals surface area contributed by atoms with Crippen molar-refractivity contribution in [2.24, 2.45) is 11.0 Å². The zero-order valence-electron chi connectivity index (χ0n) is 16.5. The number of hydrogen-bond acceptors (Lipinski definition) is 4. The molecule has 5 nitrogen and oxygen atoms in total. The van der Waals surface area contributed by atoms with E-state index >= 15 is 0 Å². The van der Waals surface area contributed by atoms with Crippen LogP contribution in [0.2, 0.25) is 5.02 Å². The van der Waals surface area contributed by atoms with Crippen molar-refractivity contribution in [3.8, 4) is 11.1 Å². The molecule has 0 aliphatic carbocycles. The maximum atomic E-state index is 12.1. The minimum absolute atomic E-state index is 0. The molecule has 0 spiro atoms. The lowest BCUT2D eigenvalue weighted by Gasteiger charge is -2.30. The predicted octanol–water partition coefficient (Wildman–Crippen LogP) is 5.24. The number of aryl methyl sites for hydroxylation is 1. The first-order chi connectivity index (χ1) is 13.3. The summed E-state index contributed by atoms with van der Waals surface area (Å²) < 4.78 is 34.2. The lowest BCUT2D eigenvalue weighted by molar-refractivity contribution is 0.191. The Hall–Kier alpha value is -1.60. The van der Waals surface area contributed by atoms with Crippen LogP contribution in [0.3, 0.4) is 0 Å². The number of benzene rings is 2. The van der Waals surface area contributed by atoms with Gasteiger partial charge in [-0.25, -0.2) is 0 Å². The lowest BCUT2D eigenvalue weighted by Crippen LogP contribution is -2.30. The highest BCUT2D eigenvalue weighted by atomic mass is 35.5. The summed E-state index contributed by atoms with van der Waals surface area (Å²) in [5.41, 5.74) is 2.83. The van der Waals surface area contributed by atoms with Gasteiger partial charge in [-0.15, -0.1) is 12.4 Å². The summed E-state index contributed by atoms with van der Waals surface area (Å²) in [5.74, 6) is 0.417. The fourth-order valence-electron chi connectivity index (χ4n) is 3.87. The Labute approximate surface area is 183 Å². The van der Waals surface area contributed by atoms with Crippen LogP contribution in [0, 0.1) is 12.8 Å². The van der Waals surface area contributed by atoms with E-state index in [0.29, 0.717) is 22.1 Å². The number of piperidine rings is 1. The van der Waals surface area contributed by atoms with Crippen molar-refractivity contribution in [1.82, 2.24) is 5.01 Å². The van der Waals surface area contributed by atoms with Crippen LogP contribution in [0.25, 0.3) is 11.1 Å². The molecule has 2 aromatic carbocycles. The second-order valence-electron chi connectivity index (χ2n) is 7.23. The third-order valence-electron chi connectivity index (χ3n) is 5.13. The van der Waals surface area contributed by atoms with Gasteiger partial charge in [-0.3, -0.25) is 9.56 Å². The van der Waals surface area contributed by atoms with Crippen molar-refractivity contribution in [2.45, 2.75) is 38.0 Å². The van der Waals surface area contributed by atoms with Gasteiger partial charge in [0.05, 0.1) is 0 Å². The summed E-state index contributed by atoms with van der Waals surface area (Å²) >= 11 is 6.39. The molecule has 0 bridgehead atoms. The number of hydrogen-bond donors (Lipinski definition) is 1. The van der Waals surface area contributed by atoms with Crippen LogP contribution in [0.4, 0.5) is 0 Å². The van der Waals surface area contributed by atoms with Gasteiger partial charge in [0, 0.05) is 35.5 Å². The normalized spacial score (nSPS) is 15.5. The molecule has 0 atom stereocenters. The van der Waals surface area contributed by atoms with Gasteiger partial charge >= 0.3 is 0 Å². The smallest absolute Gasteiger partial charge is 0.295 e.